The lowest BCUT2D eigenvalue weighted by molar-refractivity contribution is -0.0599. The zero-order chi connectivity index (χ0) is 15.8. The fourth-order valence-corrected chi connectivity index (χ4v) is 4.48. The molecule has 0 bridgehead atoms. The van der Waals surface area contributed by atoms with Gasteiger partial charge in [-0.1, -0.05) is 6.07 Å². The summed E-state index contributed by atoms with van der Waals surface area (Å²) in [5.74, 6) is 0. The summed E-state index contributed by atoms with van der Waals surface area (Å²) in [6.45, 7) is 8.17. The van der Waals surface area contributed by atoms with Crippen LogP contribution in [-0.2, 0) is 14.8 Å². The number of benzene rings is 1. The lowest BCUT2D eigenvalue weighted by Crippen LogP contribution is -2.45. The molecule has 21 heavy (non-hydrogen) atoms. The van der Waals surface area contributed by atoms with Crippen molar-refractivity contribution < 1.29 is 13.2 Å². The molecule has 1 saturated heterocycles. The summed E-state index contributed by atoms with van der Waals surface area (Å²) in [5, 5.41) is 0. The van der Waals surface area contributed by atoms with Crippen molar-refractivity contribution in [3.63, 3.8) is 0 Å². The van der Waals surface area contributed by atoms with Crippen LogP contribution in [0.4, 0.5) is 5.69 Å². The molecule has 0 spiro atoms. The highest BCUT2D eigenvalue weighted by molar-refractivity contribution is 7.89. The van der Waals surface area contributed by atoms with Crippen LogP contribution >= 0.6 is 0 Å². The van der Waals surface area contributed by atoms with Crippen LogP contribution in [0.3, 0.4) is 0 Å². The lowest BCUT2D eigenvalue weighted by atomic mass is 9.95. The van der Waals surface area contributed by atoms with Gasteiger partial charge in [0.15, 0.2) is 0 Å². The first-order chi connectivity index (χ1) is 9.62. The number of nitrogen functional groups attached to an aromatic ring is 1. The van der Waals surface area contributed by atoms with E-state index < -0.39 is 10.0 Å². The Balaban J connectivity index is 2.29. The number of sulfonamides is 1. The molecule has 118 valence electrons. The average Bonchev–Trinajstić information content (AvgIpc) is 2.32. The molecule has 1 aliphatic heterocycles. The van der Waals surface area contributed by atoms with Crippen molar-refractivity contribution in [3.8, 4) is 0 Å². The average molecular weight is 312 g/mol. The van der Waals surface area contributed by atoms with Gasteiger partial charge in [-0.2, -0.15) is 0 Å². The normalized spacial score (nSPS) is 22.2. The Morgan fingerprint density at radius 3 is 2.62 bits per heavy atom. The van der Waals surface area contributed by atoms with Gasteiger partial charge in [0.05, 0.1) is 11.3 Å². The van der Waals surface area contributed by atoms with Crippen LogP contribution in [0, 0.1) is 13.8 Å². The first kappa shape index (κ1) is 16.3. The van der Waals surface area contributed by atoms with Gasteiger partial charge in [-0.3, -0.25) is 0 Å². The smallest absolute Gasteiger partial charge is 0.243 e. The predicted octanol–water partition coefficient (Wildman–Crippen LogP) is 2.12. The van der Waals surface area contributed by atoms with E-state index in [0.717, 1.165) is 5.56 Å². The Kier molecular flexibility index (Phi) is 4.33. The zero-order valence-electron chi connectivity index (χ0n) is 13.1. The molecule has 0 saturated carbocycles. The minimum absolute atomic E-state index is 0.127. The van der Waals surface area contributed by atoms with Gasteiger partial charge in [-0.15, -0.1) is 0 Å². The predicted molar refractivity (Wildman–Crippen MR) is 83.7 cm³/mol. The van der Waals surface area contributed by atoms with Crippen molar-refractivity contribution in [2.24, 2.45) is 0 Å². The molecule has 0 aliphatic carbocycles. The first-order valence-corrected chi connectivity index (χ1v) is 8.63. The summed E-state index contributed by atoms with van der Waals surface area (Å²) in [6.07, 6.45) is 1.32. The van der Waals surface area contributed by atoms with Gasteiger partial charge in [0.25, 0.3) is 0 Å². The maximum absolute atomic E-state index is 12.7. The van der Waals surface area contributed by atoms with Gasteiger partial charge < -0.3 is 10.5 Å². The third kappa shape index (κ3) is 3.56. The second kappa shape index (κ2) is 5.59. The van der Waals surface area contributed by atoms with Gasteiger partial charge in [-0.25, -0.2) is 13.1 Å². The fourth-order valence-electron chi connectivity index (χ4n) is 2.78. The number of rotatable bonds is 3. The summed E-state index contributed by atoms with van der Waals surface area (Å²) in [5.41, 5.74) is 7.49. The van der Waals surface area contributed by atoms with E-state index >= 15 is 0 Å². The molecule has 1 atom stereocenters. The van der Waals surface area contributed by atoms with E-state index in [1.54, 1.807) is 13.0 Å². The third-order valence-corrected chi connectivity index (χ3v) is 5.72. The van der Waals surface area contributed by atoms with E-state index in [9.17, 15) is 8.42 Å². The number of nitrogens with two attached hydrogens (primary N) is 1. The molecular weight excluding hydrogens is 288 g/mol. The Bertz CT molecular complexity index is 639. The van der Waals surface area contributed by atoms with E-state index in [1.807, 2.05) is 26.8 Å². The number of hydrogen-bond acceptors (Lipinski definition) is 4. The molecular formula is C15H24N2O3S. The summed E-state index contributed by atoms with van der Waals surface area (Å²) in [7, 11) is -3.62. The Hall–Kier alpha value is -1.11. The number of aryl methyl sites for hydroxylation is 1. The van der Waals surface area contributed by atoms with Crippen LogP contribution < -0.4 is 10.5 Å². The van der Waals surface area contributed by atoms with Gasteiger partial charge in [0, 0.05) is 12.6 Å². The minimum atomic E-state index is -3.62. The Morgan fingerprint density at radius 1 is 1.33 bits per heavy atom. The fraction of sp³-hybridized carbons (Fsp3) is 0.600. The van der Waals surface area contributed by atoms with Gasteiger partial charge >= 0.3 is 0 Å². The molecule has 3 N–H and O–H groups in total. The molecule has 1 aliphatic rings. The SMILES string of the molecule is Cc1ccc(N)c(S(=O)(=O)NC2CCOC(C)(C)C2)c1C. The highest BCUT2D eigenvalue weighted by atomic mass is 32.2. The summed E-state index contributed by atoms with van der Waals surface area (Å²) in [4.78, 5) is 0.201. The largest absolute Gasteiger partial charge is 0.398 e. The van der Waals surface area contributed by atoms with Crippen LogP contribution in [0.5, 0.6) is 0 Å². The summed E-state index contributed by atoms with van der Waals surface area (Å²) >= 11 is 0. The second-order valence-corrected chi connectivity index (χ2v) is 8.00. The highest BCUT2D eigenvalue weighted by Crippen LogP contribution is 2.28. The van der Waals surface area contributed by atoms with Crippen molar-refractivity contribution in [3.05, 3.63) is 23.3 Å². The zero-order valence-corrected chi connectivity index (χ0v) is 13.9. The maximum atomic E-state index is 12.7. The quantitative estimate of drug-likeness (QED) is 0.838. The molecule has 1 aromatic rings. The standard InChI is InChI=1S/C15H24N2O3S/c1-10-5-6-13(16)14(11(10)2)21(18,19)17-12-7-8-20-15(3,4)9-12/h5-6,12,17H,7-9,16H2,1-4H3. The van der Waals surface area contributed by atoms with Crippen molar-refractivity contribution >= 4 is 15.7 Å². The topological polar surface area (TPSA) is 81.4 Å². The molecule has 1 heterocycles. The lowest BCUT2D eigenvalue weighted by Gasteiger charge is -2.35. The first-order valence-electron chi connectivity index (χ1n) is 7.14. The van der Waals surface area contributed by atoms with E-state index in [4.69, 9.17) is 10.5 Å². The molecule has 5 nitrogen and oxygen atoms in total. The summed E-state index contributed by atoms with van der Waals surface area (Å²) < 4.78 is 33.8. The Labute approximate surface area is 126 Å². The van der Waals surface area contributed by atoms with Crippen LogP contribution in [0.2, 0.25) is 0 Å². The maximum Gasteiger partial charge on any atom is 0.243 e. The minimum Gasteiger partial charge on any atom is -0.398 e. The van der Waals surface area contributed by atoms with Gasteiger partial charge in [0.1, 0.15) is 4.90 Å². The molecule has 0 radical (unpaired) electrons. The van der Waals surface area contributed by atoms with E-state index in [2.05, 4.69) is 4.72 Å². The molecule has 1 unspecified atom stereocenters. The number of nitrogens with one attached hydrogen (secondary N) is 1. The van der Waals surface area contributed by atoms with Gasteiger partial charge in [-0.05, 0) is 57.7 Å². The molecule has 6 heteroatoms. The third-order valence-electron chi connectivity index (χ3n) is 3.99. The summed E-state index contributed by atoms with van der Waals surface area (Å²) in [6, 6.07) is 3.35. The highest BCUT2D eigenvalue weighted by Gasteiger charge is 2.32. The Morgan fingerprint density at radius 2 is 2.00 bits per heavy atom. The second-order valence-electron chi connectivity index (χ2n) is 6.34. The number of ether oxygens (including phenoxy) is 1. The van der Waals surface area contributed by atoms with Crippen LogP contribution in [0.15, 0.2) is 17.0 Å². The van der Waals surface area contributed by atoms with Crippen LogP contribution in [0.25, 0.3) is 0 Å². The van der Waals surface area contributed by atoms with Crippen molar-refractivity contribution in [1.29, 1.82) is 0 Å². The molecule has 0 aromatic heterocycles. The van der Waals surface area contributed by atoms with Gasteiger partial charge in [0.2, 0.25) is 10.0 Å². The number of anilines is 1. The van der Waals surface area contributed by atoms with Crippen LogP contribution in [-0.4, -0.2) is 26.7 Å². The molecule has 0 amide bonds. The molecule has 2 rings (SSSR count). The van der Waals surface area contributed by atoms with Crippen molar-refractivity contribution in [1.82, 2.24) is 4.72 Å². The van der Waals surface area contributed by atoms with E-state index in [1.165, 1.54) is 0 Å². The number of hydrogen-bond donors (Lipinski definition) is 2. The van der Waals surface area contributed by atoms with Crippen molar-refractivity contribution in [2.75, 3.05) is 12.3 Å². The van der Waals surface area contributed by atoms with E-state index in [-0.39, 0.29) is 22.2 Å². The monoisotopic (exact) mass is 312 g/mol. The van der Waals surface area contributed by atoms with Crippen molar-refractivity contribution in [2.45, 2.75) is 57.1 Å². The van der Waals surface area contributed by atoms with E-state index in [0.29, 0.717) is 25.0 Å². The van der Waals surface area contributed by atoms with Crippen LogP contribution in [0.1, 0.15) is 37.8 Å². The molecule has 1 aromatic carbocycles. The molecule has 1 fully saturated rings.